The first-order valence-corrected chi connectivity index (χ1v) is 5.51. The Balaban J connectivity index is 3.03. The van der Waals surface area contributed by atoms with Gasteiger partial charge in [-0.2, -0.15) is 9.40 Å². The number of carboxylic acids is 1. The van der Waals surface area contributed by atoms with Gasteiger partial charge in [0.25, 0.3) is 10.0 Å². The lowest BCUT2D eigenvalue weighted by Gasteiger charge is -2.19. The van der Waals surface area contributed by atoms with Crippen LogP contribution in [0.1, 0.15) is 6.92 Å². The van der Waals surface area contributed by atoms with Crippen LogP contribution in [0.25, 0.3) is 0 Å². The van der Waals surface area contributed by atoms with Crippen molar-refractivity contribution < 1.29 is 18.3 Å². The predicted octanol–water partition coefficient (Wildman–Crippen LogP) is -0.497. The summed E-state index contributed by atoms with van der Waals surface area (Å²) in [5.41, 5.74) is 0. The maximum Gasteiger partial charge on any atom is 0.321 e. The Labute approximate surface area is 86.8 Å². The van der Waals surface area contributed by atoms with Crippen molar-refractivity contribution in [2.75, 3.05) is 7.05 Å². The molecule has 84 valence electrons. The number of rotatable bonds is 4. The second-order valence-corrected chi connectivity index (χ2v) is 4.92. The largest absolute Gasteiger partial charge is 0.480 e. The Kier molecular flexibility index (Phi) is 3.10. The number of nitrogens with one attached hydrogen (secondary N) is 1. The smallest absolute Gasteiger partial charge is 0.321 e. The van der Waals surface area contributed by atoms with Crippen molar-refractivity contribution >= 4 is 16.0 Å². The molecule has 1 atom stereocenters. The Morgan fingerprint density at radius 1 is 1.67 bits per heavy atom. The Morgan fingerprint density at radius 2 is 2.27 bits per heavy atom. The molecule has 0 fully saturated rings. The number of H-pyrrole nitrogens is 1. The van der Waals surface area contributed by atoms with Gasteiger partial charge in [0, 0.05) is 7.05 Å². The predicted molar refractivity (Wildman–Crippen MR) is 50.6 cm³/mol. The van der Waals surface area contributed by atoms with Gasteiger partial charge in [-0.3, -0.25) is 9.89 Å². The minimum Gasteiger partial charge on any atom is -0.480 e. The molecule has 0 radical (unpaired) electrons. The molecule has 2 N–H and O–H groups in total. The number of nitrogens with zero attached hydrogens (tertiary/aromatic N) is 2. The minimum atomic E-state index is -3.81. The van der Waals surface area contributed by atoms with E-state index < -0.39 is 22.0 Å². The van der Waals surface area contributed by atoms with Crippen LogP contribution in [-0.2, 0) is 14.8 Å². The van der Waals surface area contributed by atoms with Crippen LogP contribution >= 0.6 is 0 Å². The second-order valence-electron chi connectivity index (χ2n) is 2.96. The van der Waals surface area contributed by atoms with Gasteiger partial charge in [0.1, 0.15) is 6.04 Å². The Morgan fingerprint density at radius 3 is 2.67 bits per heavy atom. The molecule has 7 nitrogen and oxygen atoms in total. The molecule has 1 rings (SSSR count). The monoisotopic (exact) mass is 233 g/mol. The van der Waals surface area contributed by atoms with E-state index in [1.807, 2.05) is 0 Å². The molecule has 1 heterocycles. The van der Waals surface area contributed by atoms with Crippen molar-refractivity contribution in [2.45, 2.75) is 18.0 Å². The summed E-state index contributed by atoms with van der Waals surface area (Å²) in [6, 6.07) is 0.138. The first-order chi connectivity index (χ1) is 6.87. The molecule has 0 saturated heterocycles. The number of hydrogen-bond donors (Lipinski definition) is 2. The normalized spacial score (nSPS) is 14.1. The summed E-state index contributed by atoms with van der Waals surface area (Å²) in [4.78, 5) is 10.6. The summed E-state index contributed by atoms with van der Waals surface area (Å²) in [6.45, 7) is 1.29. The number of carboxylic acid groups (broad SMARTS) is 1. The summed E-state index contributed by atoms with van der Waals surface area (Å²) < 4.78 is 24.2. The van der Waals surface area contributed by atoms with Crippen molar-refractivity contribution in [3.63, 3.8) is 0 Å². The van der Waals surface area contributed by atoms with Crippen molar-refractivity contribution in [1.82, 2.24) is 14.5 Å². The van der Waals surface area contributed by atoms with E-state index in [1.165, 1.54) is 26.2 Å². The van der Waals surface area contributed by atoms with Gasteiger partial charge in [-0.15, -0.1) is 0 Å². The van der Waals surface area contributed by atoms with Gasteiger partial charge in [0.15, 0.2) is 5.03 Å². The highest BCUT2D eigenvalue weighted by molar-refractivity contribution is 7.89. The Bertz CT molecular complexity index is 439. The van der Waals surface area contributed by atoms with Crippen LogP contribution in [0.5, 0.6) is 0 Å². The van der Waals surface area contributed by atoms with Crippen LogP contribution in [-0.4, -0.2) is 47.1 Å². The third-order valence-corrected chi connectivity index (χ3v) is 3.89. The van der Waals surface area contributed by atoms with Crippen LogP contribution in [0, 0.1) is 0 Å². The quantitative estimate of drug-likeness (QED) is 0.729. The maximum absolute atomic E-state index is 11.7. The van der Waals surface area contributed by atoms with Crippen LogP contribution < -0.4 is 0 Å². The van der Waals surface area contributed by atoms with Crippen LogP contribution in [0.3, 0.4) is 0 Å². The van der Waals surface area contributed by atoms with Crippen molar-refractivity contribution in [3.05, 3.63) is 12.3 Å². The highest BCUT2D eigenvalue weighted by atomic mass is 32.2. The lowest BCUT2D eigenvalue weighted by molar-refractivity contribution is -0.140. The molecule has 0 aromatic carbocycles. The number of aromatic nitrogens is 2. The molecule has 0 saturated carbocycles. The minimum absolute atomic E-state index is 0.127. The number of likely N-dealkylation sites (N-methyl/N-ethyl adjacent to an activating group) is 1. The maximum atomic E-state index is 11.7. The van der Waals surface area contributed by atoms with Crippen molar-refractivity contribution in [1.29, 1.82) is 0 Å². The van der Waals surface area contributed by atoms with Crippen molar-refractivity contribution in [3.8, 4) is 0 Å². The lowest BCUT2D eigenvalue weighted by atomic mass is 10.4. The topological polar surface area (TPSA) is 103 Å². The molecular weight excluding hydrogens is 222 g/mol. The molecular formula is C7H11N3O4S. The SMILES string of the molecule is CC(C(=O)O)N(C)S(=O)(=O)c1ccn[nH]1. The first-order valence-electron chi connectivity index (χ1n) is 4.07. The van der Waals surface area contributed by atoms with Gasteiger partial charge in [-0.1, -0.05) is 0 Å². The van der Waals surface area contributed by atoms with E-state index in [-0.39, 0.29) is 5.03 Å². The van der Waals surface area contributed by atoms with Crippen molar-refractivity contribution in [2.24, 2.45) is 0 Å². The fraction of sp³-hybridized carbons (Fsp3) is 0.429. The van der Waals surface area contributed by atoms with Crippen LogP contribution in [0.15, 0.2) is 17.3 Å². The summed E-state index contributed by atoms with van der Waals surface area (Å²) in [7, 11) is -2.60. The molecule has 0 bridgehead atoms. The molecule has 15 heavy (non-hydrogen) atoms. The third-order valence-electron chi connectivity index (χ3n) is 2.04. The summed E-state index contributed by atoms with van der Waals surface area (Å²) in [5, 5.41) is 14.3. The highest BCUT2D eigenvalue weighted by Gasteiger charge is 2.30. The molecule has 8 heteroatoms. The fourth-order valence-corrected chi connectivity index (χ4v) is 2.12. The fourth-order valence-electron chi connectivity index (χ4n) is 0.906. The summed E-state index contributed by atoms with van der Waals surface area (Å²) in [5.74, 6) is -1.21. The van der Waals surface area contributed by atoms with Gasteiger partial charge in [-0.05, 0) is 13.0 Å². The average molecular weight is 233 g/mol. The van der Waals surface area contributed by atoms with E-state index >= 15 is 0 Å². The molecule has 0 aliphatic heterocycles. The molecule has 1 unspecified atom stereocenters. The third kappa shape index (κ3) is 2.16. The number of sulfonamides is 1. The van der Waals surface area contributed by atoms with Gasteiger partial charge in [0.2, 0.25) is 0 Å². The van der Waals surface area contributed by atoms with E-state index in [2.05, 4.69) is 10.2 Å². The molecule has 0 aliphatic carbocycles. The van der Waals surface area contributed by atoms with Gasteiger partial charge >= 0.3 is 5.97 Å². The van der Waals surface area contributed by atoms with E-state index in [0.29, 0.717) is 0 Å². The summed E-state index contributed by atoms with van der Waals surface area (Å²) in [6.07, 6.45) is 1.28. The molecule has 0 spiro atoms. The van der Waals surface area contributed by atoms with Gasteiger partial charge < -0.3 is 5.11 Å². The molecule has 1 aromatic rings. The lowest BCUT2D eigenvalue weighted by Crippen LogP contribution is -2.40. The van der Waals surface area contributed by atoms with E-state index in [4.69, 9.17) is 5.11 Å². The van der Waals surface area contributed by atoms with Crippen LogP contribution in [0.2, 0.25) is 0 Å². The van der Waals surface area contributed by atoms with E-state index in [9.17, 15) is 13.2 Å². The zero-order chi connectivity index (χ0) is 11.6. The number of carbonyl (C=O) groups is 1. The second kappa shape index (κ2) is 3.99. The first kappa shape index (κ1) is 11.7. The zero-order valence-corrected chi connectivity index (χ0v) is 9.02. The standard InChI is InChI=1S/C7H11N3O4S/c1-5(7(11)12)10(2)15(13,14)6-3-4-8-9-6/h3-5H,1-2H3,(H,8,9)(H,11,12). The van der Waals surface area contributed by atoms with Gasteiger partial charge in [0.05, 0.1) is 6.20 Å². The number of aromatic amines is 1. The van der Waals surface area contributed by atoms with Gasteiger partial charge in [-0.25, -0.2) is 8.42 Å². The van der Waals surface area contributed by atoms with E-state index in [1.54, 1.807) is 0 Å². The van der Waals surface area contributed by atoms with Crippen LogP contribution in [0.4, 0.5) is 0 Å². The Hall–Kier alpha value is -1.41. The molecule has 0 aliphatic rings. The number of hydrogen-bond acceptors (Lipinski definition) is 4. The van der Waals surface area contributed by atoms with E-state index in [0.717, 1.165) is 4.31 Å². The molecule has 1 aromatic heterocycles. The summed E-state index contributed by atoms with van der Waals surface area (Å²) >= 11 is 0. The average Bonchev–Trinajstić information content (AvgIpc) is 2.68. The zero-order valence-electron chi connectivity index (χ0n) is 8.21. The highest BCUT2D eigenvalue weighted by Crippen LogP contribution is 2.13. The number of aliphatic carboxylic acids is 1. The molecule has 0 amide bonds.